The molecular formula is C19H16N2O3. The van der Waals surface area contributed by atoms with Gasteiger partial charge in [0.05, 0.1) is 11.4 Å². The summed E-state index contributed by atoms with van der Waals surface area (Å²) in [6.07, 6.45) is 0.0658. The van der Waals surface area contributed by atoms with Crippen LogP contribution in [-0.4, -0.2) is 22.2 Å². The smallest absolute Gasteiger partial charge is 0.211 e. The van der Waals surface area contributed by atoms with Crippen LogP contribution in [0.4, 0.5) is 0 Å². The van der Waals surface area contributed by atoms with Crippen molar-refractivity contribution in [2.75, 3.05) is 6.54 Å². The van der Waals surface area contributed by atoms with Crippen LogP contribution in [0, 0.1) is 10.1 Å². The van der Waals surface area contributed by atoms with Crippen LogP contribution in [0.2, 0.25) is 0 Å². The summed E-state index contributed by atoms with van der Waals surface area (Å²) in [7, 11) is 0. The van der Waals surface area contributed by atoms with Crippen molar-refractivity contribution < 1.29 is 9.72 Å². The van der Waals surface area contributed by atoms with Crippen LogP contribution in [0.1, 0.15) is 28.4 Å². The predicted octanol–water partition coefficient (Wildman–Crippen LogP) is 3.87. The third-order valence-corrected chi connectivity index (χ3v) is 3.96. The minimum absolute atomic E-state index is 0.0658. The highest BCUT2D eigenvalue weighted by Crippen LogP contribution is 2.22. The fourth-order valence-corrected chi connectivity index (χ4v) is 2.74. The van der Waals surface area contributed by atoms with Crippen molar-refractivity contribution in [1.82, 2.24) is 4.98 Å². The molecule has 0 aliphatic rings. The molecule has 0 amide bonds. The zero-order valence-corrected chi connectivity index (χ0v) is 13.0. The van der Waals surface area contributed by atoms with Crippen molar-refractivity contribution in [2.24, 2.45) is 0 Å². The lowest BCUT2D eigenvalue weighted by atomic mass is 9.92. The Morgan fingerprint density at radius 3 is 2.46 bits per heavy atom. The Morgan fingerprint density at radius 2 is 1.71 bits per heavy atom. The number of fused-ring (bicyclic) bond motifs is 1. The quantitative estimate of drug-likeness (QED) is 0.392. The summed E-state index contributed by atoms with van der Waals surface area (Å²) in [5.41, 5.74) is 1.88. The number of carbonyl (C=O) groups excluding carboxylic acids is 1. The van der Waals surface area contributed by atoms with Gasteiger partial charge in [-0.3, -0.25) is 14.9 Å². The molecule has 24 heavy (non-hydrogen) atoms. The maximum Gasteiger partial charge on any atom is 0.211 e. The van der Waals surface area contributed by atoms with Gasteiger partial charge in [-0.05, 0) is 17.7 Å². The molecule has 120 valence electrons. The molecule has 0 radical (unpaired) electrons. The van der Waals surface area contributed by atoms with Crippen LogP contribution >= 0.6 is 0 Å². The number of hydrogen-bond acceptors (Lipinski definition) is 4. The Balaban J connectivity index is 1.85. The van der Waals surface area contributed by atoms with Gasteiger partial charge in [0.25, 0.3) is 0 Å². The summed E-state index contributed by atoms with van der Waals surface area (Å²) >= 11 is 0. The molecule has 5 nitrogen and oxygen atoms in total. The maximum atomic E-state index is 12.6. The molecule has 0 saturated heterocycles. The number of rotatable bonds is 6. The van der Waals surface area contributed by atoms with Crippen LogP contribution in [0.15, 0.2) is 66.7 Å². The molecule has 1 atom stereocenters. The second kappa shape index (κ2) is 7.00. The van der Waals surface area contributed by atoms with E-state index in [1.165, 1.54) is 0 Å². The van der Waals surface area contributed by atoms with Crippen molar-refractivity contribution in [2.45, 2.75) is 12.3 Å². The van der Waals surface area contributed by atoms with Crippen LogP contribution in [0.5, 0.6) is 0 Å². The summed E-state index contributed by atoms with van der Waals surface area (Å²) in [6, 6.07) is 20.2. The topological polar surface area (TPSA) is 73.1 Å². The first-order valence-corrected chi connectivity index (χ1v) is 7.69. The zero-order valence-electron chi connectivity index (χ0n) is 13.0. The summed E-state index contributed by atoms with van der Waals surface area (Å²) in [5, 5.41) is 11.9. The number of benzene rings is 2. The number of aromatic nitrogens is 1. The number of ketones is 1. The van der Waals surface area contributed by atoms with Crippen LogP contribution in [0.25, 0.3) is 10.9 Å². The van der Waals surface area contributed by atoms with Crippen molar-refractivity contribution in [3.63, 3.8) is 0 Å². The summed E-state index contributed by atoms with van der Waals surface area (Å²) in [6.45, 7) is -0.274. The Bertz CT molecular complexity index is 878. The lowest BCUT2D eigenvalue weighted by Gasteiger charge is -2.12. The molecule has 0 spiro atoms. The second-order valence-corrected chi connectivity index (χ2v) is 5.64. The maximum absolute atomic E-state index is 12.6. The Kier molecular flexibility index (Phi) is 4.61. The second-order valence-electron chi connectivity index (χ2n) is 5.64. The van der Waals surface area contributed by atoms with E-state index in [1.807, 2.05) is 60.7 Å². The minimum atomic E-state index is -0.457. The molecule has 1 heterocycles. The number of nitro groups is 1. The van der Waals surface area contributed by atoms with E-state index >= 15 is 0 Å². The molecule has 0 fully saturated rings. The third kappa shape index (κ3) is 3.63. The average molecular weight is 320 g/mol. The Labute approximate surface area is 139 Å². The first kappa shape index (κ1) is 15.8. The molecular weight excluding hydrogens is 304 g/mol. The van der Waals surface area contributed by atoms with Gasteiger partial charge < -0.3 is 0 Å². The molecule has 2 aromatic carbocycles. The van der Waals surface area contributed by atoms with E-state index < -0.39 is 5.92 Å². The first-order chi connectivity index (χ1) is 11.6. The van der Waals surface area contributed by atoms with E-state index in [2.05, 4.69) is 4.98 Å². The van der Waals surface area contributed by atoms with Crippen molar-refractivity contribution in [1.29, 1.82) is 0 Å². The van der Waals surface area contributed by atoms with Gasteiger partial charge in [0.1, 0.15) is 5.69 Å². The highest BCUT2D eigenvalue weighted by atomic mass is 16.6. The van der Waals surface area contributed by atoms with E-state index in [0.29, 0.717) is 5.69 Å². The fraction of sp³-hybridized carbons (Fsp3) is 0.158. The van der Waals surface area contributed by atoms with Gasteiger partial charge in [0.2, 0.25) is 6.54 Å². The predicted molar refractivity (Wildman–Crippen MR) is 91.7 cm³/mol. The molecule has 0 aliphatic heterocycles. The molecule has 0 aliphatic carbocycles. The van der Waals surface area contributed by atoms with Gasteiger partial charge in [-0.1, -0.05) is 54.6 Å². The summed E-state index contributed by atoms with van der Waals surface area (Å²) < 4.78 is 0. The first-order valence-electron chi connectivity index (χ1n) is 7.69. The number of Topliss-reactive ketones (excluding diaryl/α,β-unsaturated/α-hetero) is 1. The molecule has 0 unspecified atom stereocenters. The number of para-hydroxylation sites is 1. The molecule has 0 saturated carbocycles. The Hall–Kier alpha value is -3.08. The van der Waals surface area contributed by atoms with Crippen LogP contribution in [-0.2, 0) is 0 Å². The van der Waals surface area contributed by atoms with E-state index in [4.69, 9.17) is 0 Å². The largest absolute Gasteiger partial charge is 0.292 e. The number of pyridine rings is 1. The molecule has 0 bridgehead atoms. The van der Waals surface area contributed by atoms with Crippen LogP contribution in [0.3, 0.4) is 0 Å². The van der Waals surface area contributed by atoms with Crippen LogP contribution < -0.4 is 0 Å². The number of hydrogen-bond donors (Lipinski definition) is 0. The lowest BCUT2D eigenvalue weighted by molar-refractivity contribution is -0.483. The normalized spacial score (nSPS) is 12.0. The van der Waals surface area contributed by atoms with Crippen molar-refractivity contribution in [3.8, 4) is 0 Å². The van der Waals surface area contributed by atoms with Gasteiger partial charge in [-0.15, -0.1) is 0 Å². The molecule has 3 rings (SSSR count). The molecule has 0 N–H and O–H groups in total. The van der Waals surface area contributed by atoms with Gasteiger partial charge in [-0.25, -0.2) is 4.98 Å². The minimum Gasteiger partial charge on any atom is -0.292 e. The van der Waals surface area contributed by atoms with E-state index in [0.717, 1.165) is 16.5 Å². The highest BCUT2D eigenvalue weighted by Gasteiger charge is 2.22. The monoisotopic (exact) mass is 320 g/mol. The molecule has 1 aromatic heterocycles. The van der Waals surface area contributed by atoms with Gasteiger partial charge in [0, 0.05) is 16.7 Å². The van der Waals surface area contributed by atoms with Gasteiger partial charge in [-0.2, -0.15) is 0 Å². The van der Waals surface area contributed by atoms with Crippen molar-refractivity contribution >= 4 is 16.7 Å². The average Bonchev–Trinajstić information content (AvgIpc) is 2.61. The fourth-order valence-electron chi connectivity index (χ4n) is 2.74. The summed E-state index contributed by atoms with van der Waals surface area (Å²) in [4.78, 5) is 27.5. The van der Waals surface area contributed by atoms with E-state index in [1.54, 1.807) is 6.07 Å². The molecule has 5 heteroatoms. The van der Waals surface area contributed by atoms with Gasteiger partial charge >= 0.3 is 0 Å². The van der Waals surface area contributed by atoms with Gasteiger partial charge in [0.15, 0.2) is 5.78 Å². The van der Waals surface area contributed by atoms with E-state index in [9.17, 15) is 14.9 Å². The Morgan fingerprint density at radius 1 is 1.00 bits per heavy atom. The third-order valence-electron chi connectivity index (χ3n) is 3.96. The highest BCUT2D eigenvalue weighted by molar-refractivity contribution is 5.96. The van der Waals surface area contributed by atoms with Crippen molar-refractivity contribution in [3.05, 3.63) is 88.1 Å². The standard InChI is InChI=1S/C19H16N2O3/c22-19(18-11-10-15-8-4-5-9-17(15)20-18)12-16(13-21(23)24)14-6-2-1-3-7-14/h1-11,16H,12-13H2/t16-/m0/s1. The number of nitrogens with zero attached hydrogens (tertiary/aromatic N) is 2. The lowest BCUT2D eigenvalue weighted by Crippen LogP contribution is -2.17. The zero-order chi connectivity index (χ0) is 16.9. The SMILES string of the molecule is O=C(C[C@@H](C[N+](=O)[O-])c1ccccc1)c1ccc2ccccc2n1. The van der Waals surface area contributed by atoms with E-state index in [-0.39, 0.29) is 23.7 Å². The summed E-state index contributed by atoms with van der Waals surface area (Å²) in [5.74, 6) is -0.640. The number of carbonyl (C=O) groups is 1. The molecule has 3 aromatic rings.